The Labute approximate surface area is 74.9 Å². The second-order valence-electron chi connectivity index (χ2n) is 2.79. The molecule has 0 saturated carbocycles. The molecule has 13 heavy (non-hydrogen) atoms. The Morgan fingerprint density at radius 3 is 2.54 bits per heavy atom. The van der Waals surface area contributed by atoms with Gasteiger partial charge in [0.15, 0.2) is 0 Å². The molecule has 1 heterocycles. The molecule has 1 fully saturated rings. The predicted octanol–water partition coefficient (Wildman–Crippen LogP) is 0.800. The van der Waals surface area contributed by atoms with Crippen LogP contribution in [0.4, 0.5) is 4.79 Å². The molecule has 0 amide bonds. The summed E-state index contributed by atoms with van der Waals surface area (Å²) in [6.45, 7) is 1.85. The third-order valence-corrected chi connectivity index (χ3v) is 1.65. The second-order valence-corrected chi connectivity index (χ2v) is 2.79. The van der Waals surface area contributed by atoms with Crippen molar-refractivity contribution in [2.75, 3.05) is 13.2 Å². The third kappa shape index (κ3) is 2.77. The van der Waals surface area contributed by atoms with E-state index in [9.17, 15) is 9.59 Å². The Morgan fingerprint density at radius 2 is 2.08 bits per heavy atom. The maximum atomic E-state index is 10.4. The van der Waals surface area contributed by atoms with Crippen LogP contribution in [0, 0.1) is 5.92 Å². The summed E-state index contributed by atoms with van der Waals surface area (Å²) in [5.74, 6) is -1.13. The van der Waals surface area contributed by atoms with Crippen molar-refractivity contribution in [3.8, 4) is 0 Å². The van der Waals surface area contributed by atoms with Crippen molar-refractivity contribution >= 4 is 12.1 Å². The van der Waals surface area contributed by atoms with Gasteiger partial charge in [-0.25, -0.2) is 9.59 Å². The zero-order valence-corrected chi connectivity index (χ0v) is 7.15. The molecule has 0 radical (unpaired) electrons. The number of carbonyl (C=O) groups is 2. The highest BCUT2D eigenvalue weighted by atomic mass is 16.7. The van der Waals surface area contributed by atoms with Crippen molar-refractivity contribution in [2.24, 2.45) is 5.92 Å². The van der Waals surface area contributed by atoms with E-state index >= 15 is 0 Å². The monoisotopic (exact) mass is 186 g/mol. The van der Waals surface area contributed by atoms with Crippen LogP contribution in [-0.4, -0.2) is 30.4 Å². The van der Waals surface area contributed by atoms with Crippen molar-refractivity contribution in [2.45, 2.75) is 6.92 Å². The molecule has 5 heteroatoms. The highest BCUT2D eigenvalue weighted by Gasteiger charge is 2.19. The lowest BCUT2D eigenvalue weighted by atomic mass is 10.1. The molecular formula is C8H10O5. The fourth-order valence-electron chi connectivity index (χ4n) is 0.961. The van der Waals surface area contributed by atoms with Crippen LogP contribution >= 0.6 is 0 Å². The van der Waals surface area contributed by atoms with E-state index in [0.717, 1.165) is 0 Å². The van der Waals surface area contributed by atoms with E-state index in [1.54, 1.807) is 0 Å². The first-order valence-electron chi connectivity index (χ1n) is 3.81. The molecule has 1 N–H and O–H groups in total. The molecule has 0 aromatic rings. The number of hydrogen-bond acceptors (Lipinski definition) is 4. The minimum absolute atomic E-state index is 0.159. The molecule has 1 rings (SSSR count). The molecule has 0 atom stereocenters. The minimum Gasteiger partial charge on any atom is -0.478 e. The van der Waals surface area contributed by atoms with E-state index in [2.05, 4.69) is 9.47 Å². The number of aliphatic carboxylic acids is 1. The quantitative estimate of drug-likeness (QED) is 0.510. The second kappa shape index (κ2) is 3.93. The number of carboxylic acid groups (broad SMARTS) is 1. The minimum atomic E-state index is -0.975. The van der Waals surface area contributed by atoms with Gasteiger partial charge in [0.1, 0.15) is 13.2 Å². The fraction of sp³-hybridized carbons (Fsp3) is 0.500. The van der Waals surface area contributed by atoms with Crippen molar-refractivity contribution < 1.29 is 24.2 Å². The standard InChI is InChI=1S/C8H10O5/c1-5(7(9)10)2-6-3-12-8(11)13-4-6/h2,6H,3-4H2,1H3,(H,9,10). The first-order valence-corrected chi connectivity index (χ1v) is 3.81. The van der Waals surface area contributed by atoms with Gasteiger partial charge in [-0.15, -0.1) is 0 Å². The Kier molecular flexibility index (Phi) is 2.89. The molecule has 72 valence electrons. The van der Waals surface area contributed by atoms with E-state index in [0.29, 0.717) is 0 Å². The van der Waals surface area contributed by atoms with Gasteiger partial charge in [0.05, 0.1) is 0 Å². The molecule has 0 aromatic heterocycles. The maximum absolute atomic E-state index is 10.4. The average Bonchev–Trinajstić information content (AvgIpc) is 2.08. The number of carboxylic acids is 1. The SMILES string of the molecule is CC(=CC1COC(=O)OC1)C(=O)O. The van der Waals surface area contributed by atoms with Crippen LogP contribution in [0.5, 0.6) is 0 Å². The smallest absolute Gasteiger partial charge is 0.478 e. The van der Waals surface area contributed by atoms with Crippen molar-refractivity contribution in [1.29, 1.82) is 0 Å². The zero-order valence-electron chi connectivity index (χ0n) is 7.15. The lowest BCUT2D eigenvalue weighted by molar-refractivity contribution is -0.132. The van der Waals surface area contributed by atoms with Crippen LogP contribution in [0.25, 0.3) is 0 Å². The van der Waals surface area contributed by atoms with Gasteiger partial charge in [0.2, 0.25) is 0 Å². The molecule has 0 unspecified atom stereocenters. The van der Waals surface area contributed by atoms with E-state index < -0.39 is 12.1 Å². The van der Waals surface area contributed by atoms with Crippen LogP contribution in [-0.2, 0) is 14.3 Å². The predicted molar refractivity (Wildman–Crippen MR) is 42.2 cm³/mol. The number of cyclic esters (lactones) is 2. The third-order valence-electron chi connectivity index (χ3n) is 1.65. The summed E-state index contributed by atoms with van der Waals surface area (Å²) in [5.41, 5.74) is 0.228. The lowest BCUT2D eigenvalue weighted by Crippen LogP contribution is -2.26. The van der Waals surface area contributed by atoms with Gasteiger partial charge in [0, 0.05) is 11.5 Å². The molecule has 1 aliphatic heterocycles. The summed E-state index contributed by atoms with van der Waals surface area (Å²) in [4.78, 5) is 20.9. The number of ether oxygens (including phenoxy) is 2. The first kappa shape index (κ1) is 9.57. The van der Waals surface area contributed by atoms with Crippen molar-refractivity contribution in [1.82, 2.24) is 0 Å². The Hall–Kier alpha value is -1.52. The molecule has 0 aromatic carbocycles. The van der Waals surface area contributed by atoms with E-state index in [1.165, 1.54) is 13.0 Å². The zero-order chi connectivity index (χ0) is 9.84. The van der Waals surface area contributed by atoms with Crippen LogP contribution in [0.15, 0.2) is 11.6 Å². The van der Waals surface area contributed by atoms with Gasteiger partial charge >= 0.3 is 12.1 Å². The number of carbonyl (C=O) groups excluding carboxylic acids is 1. The molecule has 0 spiro atoms. The normalized spacial score (nSPS) is 19.2. The summed E-state index contributed by atoms with van der Waals surface area (Å²) < 4.78 is 9.14. The molecular weight excluding hydrogens is 176 g/mol. The average molecular weight is 186 g/mol. The summed E-state index contributed by atoms with van der Waals surface area (Å²) in [5, 5.41) is 8.55. The lowest BCUT2D eigenvalue weighted by Gasteiger charge is -2.18. The van der Waals surface area contributed by atoms with Gasteiger partial charge in [-0.05, 0) is 6.92 Å². The first-order chi connectivity index (χ1) is 6.09. The molecule has 0 aliphatic carbocycles. The van der Waals surface area contributed by atoms with E-state index in [1.807, 2.05) is 0 Å². The Bertz CT molecular complexity index is 245. The highest BCUT2D eigenvalue weighted by Crippen LogP contribution is 2.11. The number of rotatable bonds is 2. The molecule has 5 nitrogen and oxygen atoms in total. The highest BCUT2D eigenvalue weighted by molar-refractivity contribution is 5.85. The van der Waals surface area contributed by atoms with E-state index in [-0.39, 0.29) is 24.7 Å². The van der Waals surface area contributed by atoms with Gasteiger partial charge in [-0.2, -0.15) is 0 Å². The van der Waals surface area contributed by atoms with Gasteiger partial charge in [0.25, 0.3) is 0 Å². The summed E-state index contributed by atoms with van der Waals surface area (Å²) >= 11 is 0. The van der Waals surface area contributed by atoms with Gasteiger partial charge in [-0.3, -0.25) is 0 Å². The summed E-state index contributed by atoms with van der Waals surface area (Å²) in [7, 11) is 0. The van der Waals surface area contributed by atoms with Gasteiger partial charge in [-0.1, -0.05) is 6.08 Å². The number of hydrogen-bond donors (Lipinski definition) is 1. The summed E-state index contributed by atoms with van der Waals surface area (Å²) in [6.07, 6.45) is 0.826. The van der Waals surface area contributed by atoms with Crippen LogP contribution < -0.4 is 0 Å². The largest absolute Gasteiger partial charge is 0.508 e. The van der Waals surface area contributed by atoms with Crippen molar-refractivity contribution in [3.63, 3.8) is 0 Å². The maximum Gasteiger partial charge on any atom is 0.508 e. The van der Waals surface area contributed by atoms with E-state index in [4.69, 9.17) is 5.11 Å². The molecule has 0 bridgehead atoms. The molecule has 1 aliphatic rings. The fourth-order valence-corrected chi connectivity index (χ4v) is 0.961. The Morgan fingerprint density at radius 1 is 1.54 bits per heavy atom. The van der Waals surface area contributed by atoms with Crippen LogP contribution in [0.2, 0.25) is 0 Å². The van der Waals surface area contributed by atoms with Gasteiger partial charge < -0.3 is 14.6 Å². The van der Waals surface area contributed by atoms with Crippen LogP contribution in [0.1, 0.15) is 6.92 Å². The summed E-state index contributed by atoms with van der Waals surface area (Å²) in [6, 6.07) is 0. The molecule has 1 saturated heterocycles. The topological polar surface area (TPSA) is 72.8 Å². The van der Waals surface area contributed by atoms with Crippen LogP contribution in [0.3, 0.4) is 0 Å². The Balaban J connectivity index is 2.50. The van der Waals surface area contributed by atoms with Crippen molar-refractivity contribution in [3.05, 3.63) is 11.6 Å².